The molecule has 49 heavy (non-hydrogen) atoms. The number of methoxy groups -OCH3 is 2. The fourth-order valence-electron chi connectivity index (χ4n) is 5.91. The predicted molar refractivity (Wildman–Crippen MR) is 189 cm³/mol. The average Bonchev–Trinajstić information content (AvgIpc) is 3.79. The van der Waals surface area contributed by atoms with Gasteiger partial charge in [0.1, 0.15) is 18.5 Å². The number of imidazole rings is 1. The molecule has 3 heterocycles. The summed E-state index contributed by atoms with van der Waals surface area (Å²) in [5, 5.41) is 6.57. The smallest absolute Gasteiger partial charge is 0.319 e. The van der Waals surface area contributed by atoms with Crippen molar-refractivity contribution in [1.82, 2.24) is 14.9 Å². The summed E-state index contributed by atoms with van der Waals surface area (Å²) in [6.07, 6.45) is 4.48. The summed E-state index contributed by atoms with van der Waals surface area (Å²) in [6.45, 7) is 4.78. The van der Waals surface area contributed by atoms with Crippen molar-refractivity contribution < 1.29 is 28.5 Å². The zero-order chi connectivity index (χ0) is 34.2. The Hall–Kier alpha value is -4.04. The molecule has 12 nitrogen and oxygen atoms in total. The van der Waals surface area contributed by atoms with E-state index in [0.717, 1.165) is 43.3 Å². The first-order valence-electron chi connectivity index (χ1n) is 16.0. The minimum absolute atomic E-state index is 0.248. The third-order valence-corrected chi connectivity index (χ3v) is 9.06. The number of hydrogen-bond donors (Lipinski definition) is 2. The lowest BCUT2D eigenvalue weighted by Crippen LogP contribution is -2.46. The highest BCUT2D eigenvalue weighted by atomic mass is 35.5. The van der Waals surface area contributed by atoms with Gasteiger partial charge in [-0.15, -0.1) is 0 Å². The van der Waals surface area contributed by atoms with Gasteiger partial charge in [0.2, 0.25) is 5.79 Å². The normalized spacial score (nSPS) is 19.3. The van der Waals surface area contributed by atoms with E-state index in [4.69, 9.17) is 46.9 Å². The molecule has 2 aliphatic heterocycles. The Morgan fingerprint density at radius 3 is 2.27 bits per heavy atom. The molecule has 0 saturated carbocycles. The van der Waals surface area contributed by atoms with Crippen LogP contribution in [0.4, 0.5) is 21.9 Å². The van der Waals surface area contributed by atoms with Crippen LogP contribution < -0.4 is 25.2 Å². The van der Waals surface area contributed by atoms with Gasteiger partial charge in [0.05, 0.1) is 31.0 Å². The molecule has 2 aliphatic rings. The topological polar surface area (TPSA) is 112 Å². The highest BCUT2D eigenvalue weighted by molar-refractivity contribution is 6.35. The lowest BCUT2D eigenvalue weighted by Gasteiger charge is -2.37. The molecular weight excluding hydrogens is 671 g/mol. The van der Waals surface area contributed by atoms with Crippen molar-refractivity contribution in [2.45, 2.75) is 24.7 Å². The Kier molecular flexibility index (Phi) is 11.4. The van der Waals surface area contributed by atoms with E-state index in [1.165, 1.54) is 14.2 Å². The van der Waals surface area contributed by atoms with E-state index in [0.29, 0.717) is 41.1 Å². The first kappa shape index (κ1) is 34.8. The number of anilines is 3. The molecule has 2 amide bonds. The summed E-state index contributed by atoms with van der Waals surface area (Å²) in [6, 6.07) is 21.0. The van der Waals surface area contributed by atoms with Crippen LogP contribution in [0.3, 0.4) is 0 Å². The third-order valence-electron chi connectivity index (χ3n) is 8.51. The van der Waals surface area contributed by atoms with Gasteiger partial charge in [-0.05, 0) is 60.7 Å². The van der Waals surface area contributed by atoms with Gasteiger partial charge in [-0.3, -0.25) is 0 Å². The number of nitrogens with zero attached hydrogens (tertiary/aromatic N) is 4. The number of piperazine rings is 1. The molecule has 260 valence electrons. The van der Waals surface area contributed by atoms with Gasteiger partial charge in [-0.25, -0.2) is 9.78 Å². The second-order valence-corrected chi connectivity index (χ2v) is 12.6. The SMILES string of the molecule is COC(CNC(=O)Nc1ccc(N2CCN(c3ccc(OCC4COC(Cn5ccnc5)(c5ccc(Cl)cc5Cl)O4)cc3)CC2)cc1)OC. The second-order valence-electron chi connectivity index (χ2n) is 11.7. The predicted octanol–water partition coefficient (Wildman–Crippen LogP) is 5.60. The van der Waals surface area contributed by atoms with Crippen LogP contribution in [0.1, 0.15) is 5.56 Å². The fraction of sp³-hybridized carbons (Fsp3) is 0.371. The molecule has 2 N–H and O–H groups in total. The average molecular weight is 712 g/mol. The number of carbonyl (C=O) groups is 1. The molecule has 2 atom stereocenters. The number of rotatable bonds is 13. The van der Waals surface area contributed by atoms with Gasteiger partial charge in [0.25, 0.3) is 0 Å². The van der Waals surface area contributed by atoms with Crippen molar-refractivity contribution in [3.8, 4) is 5.75 Å². The van der Waals surface area contributed by atoms with Crippen LogP contribution in [0.2, 0.25) is 10.0 Å². The zero-order valence-corrected chi connectivity index (χ0v) is 28.9. The molecule has 2 fully saturated rings. The van der Waals surface area contributed by atoms with E-state index in [-0.39, 0.29) is 18.7 Å². The van der Waals surface area contributed by atoms with Crippen LogP contribution >= 0.6 is 23.2 Å². The molecule has 6 rings (SSSR count). The van der Waals surface area contributed by atoms with Crippen LogP contribution in [-0.2, 0) is 31.3 Å². The summed E-state index contributed by atoms with van der Waals surface area (Å²) in [5.41, 5.74) is 3.66. The van der Waals surface area contributed by atoms with Crippen LogP contribution in [0.5, 0.6) is 5.75 Å². The number of hydrogen-bond acceptors (Lipinski definition) is 9. The Labute approximate surface area is 295 Å². The number of urea groups is 1. The highest BCUT2D eigenvalue weighted by Gasteiger charge is 2.45. The molecule has 0 spiro atoms. The number of carbonyl (C=O) groups excluding carboxylic acids is 1. The van der Waals surface area contributed by atoms with Gasteiger partial charge in [-0.2, -0.15) is 0 Å². The molecule has 0 aliphatic carbocycles. The number of benzene rings is 3. The van der Waals surface area contributed by atoms with Crippen molar-refractivity contribution in [3.05, 3.63) is 101 Å². The highest BCUT2D eigenvalue weighted by Crippen LogP contribution is 2.40. The number of ether oxygens (including phenoxy) is 5. The van der Waals surface area contributed by atoms with Crippen LogP contribution in [0.15, 0.2) is 85.5 Å². The lowest BCUT2D eigenvalue weighted by atomic mass is 10.1. The maximum Gasteiger partial charge on any atom is 0.319 e. The third kappa shape index (κ3) is 8.77. The van der Waals surface area contributed by atoms with Gasteiger partial charge in [0.15, 0.2) is 6.29 Å². The summed E-state index contributed by atoms with van der Waals surface area (Å²) >= 11 is 12.8. The van der Waals surface area contributed by atoms with Crippen molar-refractivity contribution >= 4 is 46.3 Å². The van der Waals surface area contributed by atoms with E-state index in [1.807, 2.05) is 53.2 Å². The Morgan fingerprint density at radius 1 is 0.980 bits per heavy atom. The maximum atomic E-state index is 12.2. The molecule has 0 radical (unpaired) electrons. The van der Waals surface area contributed by atoms with Gasteiger partial charge in [0, 0.05) is 80.4 Å². The minimum atomic E-state index is -1.10. The van der Waals surface area contributed by atoms with Crippen molar-refractivity contribution in [2.24, 2.45) is 0 Å². The quantitative estimate of drug-likeness (QED) is 0.171. The van der Waals surface area contributed by atoms with Gasteiger partial charge in [-0.1, -0.05) is 29.3 Å². The Morgan fingerprint density at radius 2 is 1.65 bits per heavy atom. The van der Waals surface area contributed by atoms with E-state index in [1.54, 1.807) is 24.7 Å². The van der Waals surface area contributed by atoms with E-state index >= 15 is 0 Å². The number of halogens is 2. The number of aromatic nitrogens is 2. The van der Waals surface area contributed by atoms with Gasteiger partial charge >= 0.3 is 6.03 Å². The summed E-state index contributed by atoms with van der Waals surface area (Å²) < 4.78 is 31.0. The van der Waals surface area contributed by atoms with Crippen molar-refractivity contribution in [2.75, 3.05) is 75.3 Å². The summed E-state index contributed by atoms with van der Waals surface area (Å²) in [7, 11) is 3.05. The second kappa shape index (κ2) is 16.1. The van der Waals surface area contributed by atoms with Crippen molar-refractivity contribution in [1.29, 1.82) is 0 Å². The molecule has 0 bridgehead atoms. The monoisotopic (exact) mass is 710 g/mol. The maximum absolute atomic E-state index is 12.2. The molecule has 14 heteroatoms. The first-order valence-corrected chi connectivity index (χ1v) is 16.8. The van der Waals surface area contributed by atoms with E-state index in [9.17, 15) is 4.79 Å². The van der Waals surface area contributed by atoms with Crippen LogP contribution in [0.25, 0.3) is 0 Å². The van der Waals surface area contributed by atoms with Crippen LogP contribution in [-0.4, -0.2) is 88.1 Å². The summed E-state index contributed by atoms with van der Waals surface area (Å²) in [5.74, 6) is -0.348. The lowest BCUT2D eigenvalue weighted by molar-refractivity contribution is -0.189. The molecular formula is C35H40Cl2N6O6. The Balaban J connectivity index is 0.974. The number of amides is 2. The Bertz CT molecular complexity index is 1650. The number of nitrogens with one attached hydrogen (secondary N) is 2. The molecule has 1 aromatic heterocycles. The standard InChI is InChI=1S/C35H40Cl2N6O6/c1-45-33(46-2)20-39-34(44)40-26-4-6-27(7-5-26)42-15-17-43(18-16-42)28-8-10-29(11-9-28)47-21-30-22-48-35(49-30,23-41-14-13-38-24-41)31-12-3-25(36)19-32(31)37/h3-14,19,24,30,33H,15-18,20-23H2,1-2H3,(H2,39,40,44). The minimum Gasteiger partial charge on any atom is -0.491 e. The van der Waals surface area contributed by atoms with E-state index < -0.39 is 12.1 Å². The van der Waals surface area contributed by atoms with E-state index in [2.05, 4.69) is 37.6 Å². The van der Waals surface area contributed by atoms with Crippen LogP contribution in [0, 0.1) is 0 Å². The zero-order valence-electron chi connectivity index (χ0n) is 27.4. The molecule has 2 saturated heterocycles. The van der Waals surface area contributed by atoms with Gasteiger partial charge < -0.3 is 48.7 Å². The fourth-order valence-corrected chi connectivity index (χ4v) is 6.46. The molecule has 4 aromatic rings. The largest absolute Gasteiger partial charge is 0.491 e. The molecule has 3 aromatic carbocycles. The first-order chi connectivity index (χ1) is 23.8. The molecule has 2 unspecified atom stereocenters. The summed E-state index contributed by atoms with van der Waals surface area (Å²) in [4.78, 5) is 21.0. The van der Waals surface area contributed by atoms with Crippen molar-refractivity contribution in [3.63, 3.8) is 0 Å².